The SMILES string of the molecule is Cc1ccc(-n2cnnn2)cc1NC(=O)[C@H]1CC(=O)N(c2ccccc2)C1. The molecule has 1 fully saturated rings. The minimum absolute atomic E-state index is 0.0412. The quantitative estimate of drug-likeness (QED) is 0.766. The molecule has 3 aromatic rings. The van der Waals surface area contributed by atoms with Crippen LogP contribution in [0.3, 0.4) is 0 Å². The van der Waals surface area contributed by atoms with Crippen LogP contribution in [0.15, 0.2) is 54.9 Å². The van der Waals surface area contributed by atoms with Gasteiger partial charge in [-0.05, 0) is 47.2 Å². The van der Waals surface area contributed by atoms with Crippen LogP contribution < -0.4 is 10.2 Å². The lowest BCUT2D eigenvalue weighted by atomic mass is 10.1. The van der Waals surface area contributed by atoms with Crippen LogP contribution in [-0.4, -0.2) is 38.6 Å². The maximum absolute atomic E-state index is 12.8. The highest BCUT2D eigenvalue weighted by Crippen LogP contribution is 2.27. The Balaban J connectivity index is 1.50. The van der Waals surface area contributed by atoms with E-state index in [4.69, 9.17) is 0 Å². The lowest BCUT2D eigenvalue weighted by molar-refractivity contribution is -0.122. The Morgan fingerprint density at radius 3 is 2.70 bits per heavy atom. The normalized spacial score (nSPS) is 16.6. The van der Waals surface area contributed by atoms with Crippen LogP contribution in [0.5, 0.6) is 0 Å². The van der Waals surface area contributed by atoms with Gasteiger partial charge in [-0.15, -0.1) is 5.10 Å². The summed E-state index contributed by atoms with van der Waals surface area (Å²) >= 11 is 0. The molecule has 8 nitrogen and oxygen atoms in total. The number of benzene rings is 2. The molecule has 2 heterocycles. The Hall–Kier alpha value is -3.55. The third-order valence-corrected chi connectivity index (χ3v) is 4.66. The standard InChI is InChI=1S/C19H18N6O2/c1-13-7-8-16(25-12-20-22-23-25)10-17(13)21-19(27)14-9-18(26)24(11-14)15-5-3-2-4-6-15/h2-8,10,12,14H,9,11H2,1H3,(H,21,27)/t14-/m0/s1. The fraction of sp³-hybridized carbons (Fsp3) is 0.211. The first-order valence-electron chi connectivity index (χ1n) is 8.62. The number of nitrogens with one attached hydrogen (secondary N) is 1. The van der Waals surface area contributed by atoms with Gasteiger partial charge in [0, 0.05) is 24.3 Å². The van der Waals surface area contributed by atoms with E-state index < -0.39 is 5.92 Å². The van der Waals surface area contributed by atoms with Gasteiger partial charge in [-0.3, -0.25) is 9.59 Å². The smallest absolute Gasteiger partial charge is 0.229 e. The summed E-state index contributed by atoms with van der Waals surface area (Å²) < 4.78 is 1.52. The zero-order valence-corrected chi connectivity index (χ0v) is 14.7. The van der Waals surface area contributed by atoms with Gasteiger partial charge in [-0.1, -0.05) is 24.3 Å². The maximum Gasteiger partial charge on any atom is 0.229 e. The lowest BCUT2D eigenvalue weighted by Crippen LogP contribution is -2.28. The third kappa shape index (κ3) is 3.41. The fourth-order valence-electron chi connectivity index (χ4n) is 3.14. The Morgan fingerprint density at radius 2 is 1.96 bits per heavy atom. The van der Waals surface area contributed by atoms with Gasteiger partial charge >= 0.3 is 0 Å². The molecule has 0 unspecified atom stereocenters. The van der Waals surface area contributed by atoms with E-state index in [0.717, 1.165) is 16.9 Å². The minimum Gasteiger partial charge on any atom is -0.325 e. The van der Waals surface area contributed by atoms with Crippen molar-refractivity contribution in [2.75, 3.05) is 16.8 Å². The van der Waals surface area contributed by atoms with Gasteiger partial charge in [0.15, 0.2) is 0 Å². The van der Waals surface area contributed by atoms with E-state index in [1.807, 2.05) is 55.5 Å². The van der Waals surface area contributed by atoms with Gasteiger partial charge in [-0.25, -0.2) is 4.68 Å². The fourth-order valence-corrected chi connectivity index (χ4v) is 3.14. The van der Waals surface area contributed by atoms with Crippen molar-refractivity contribution < 1.29 is 9.59 Å². The molecule has 1 atom stereocenters. The molecule has 136 valence electrons. The number of aromatic nitrogens is 4. The van der Waals surface area contributed by atoms with Crippen molar-refractivity contribution in [3.63, 3.8) is 0 Å². The number of amides is 2. The van der Waals surface area contributed by atoms with E-state index >= 15 is 0 Å². The highest BCUT2D eigenvalue weighted by atomic mass is 16.2. The van der Waals surface area contributed by atoms with E-state index in [2.05, 4.69) is 20.8 Å². The summed E-state index contributed by atoms with van der Waals surface area (Å²) in [6, 6.07) is 15.0. The van der Waals surface area contributed by atoms with Crippen molar-refractivity contribution in [1.82, 2.24) is 20.2 Å². The summed E-state index contributed by atoms with van der Waals surface area (Å²) in [5, 5.41) is 14.1. The first-order valence-corrected chi connectivity index (χ1v) is 8.62. The second-order valence-electron chi connectivity index (χ2n) is 6.48. The van der Waals surface area contributed by atoms with Crippen LogP contribution in [0.25, 0.3) is 5.69 Å². The topological polar surface area (TPSA) is 93.0 Å². The van der Waals surface area contributed by atoms with Crippen LogP contribution in [-0.2, 0) is 9.59 Å². The van der Waals surface area contributed by atoms with E-state index in [9.17, 15) is 9.59 Å². The maximum atomic E-state index is 12.8. The number of carbonyl (C=O) groups is 2. The van der Waals surface area contributed by atoms with Crippen LogP contribution in [0, 0.1) is 12.8 Å². The first kappa shape index (κ1) is 16.9. The molecule has 0 aliphatic carbocycles. The molecule has 8 heteroatoms. The predicted molar refractivity (Wildman–Crippen MR) is 99.4 cm³/mol. The number of anilines is 2. The lowest BCUT2D eigenvalue weighted by Gasteiger charge is -2.17. The molecule has 1 N–H and O–H groups in total. The molecular weight excluding hydrogens is 344 g/mol. The molecule has 1 saturated heterocycles. The molecule has 27 heavy (non-hydrogen) atoms. The average molecular weight is 362 g/mol. The number of para-hydroxylation sites is 1. The number of carbonyl (C=O) groups excluding carboxylic acids is 2. The Bertz CT molecular complexity index is 971. The average Bonchev–Trinajstić information content (AvgIpc) is 3.34. The molecule has 2 aromatic carbocycles. The number of hydrogen-bond donors (Lipinski definition) is 1. The zero-order valence-electron chi connectivity index (χ0n) is 14.7. The van der Waals surface area contributed by atoms with Gasteiger partial charge in [0.1, 0.15) is 6.33 Å². The second-order valence-corrected chi connectivity index (χ2v) is 6.48. The van der Waals surface area contributed by atoms with Gasteiger partial charge in [0.05, 0.1) is 11.6 Å². The van der Waals surface area contributed by atoms with E-state index in [1.165, 1.54) is 11.0 Å². The van der Waals surface area contributed by atoms with Gasteiger partial charge in [-0.2, -0.15) is 0 Å². The molecule has 1 aliphatic rings. The highest BCUT2D eigenvalue weighted by Gasteiger charge is 2.35. The van der Waals surface area contributed by atoms with E-state index in [-0.39, 0.29) is 18.2 Å². The summed E-state index contributed by atoms with van der Waals surface area (Å²) in [6.07, 6.45) is 1.69. The molecule has 0 bridgehead atoms. The number of aryl methyl sites for hydroxylation is 1. The molecule has 4 rings (SSSR count). The molecule has 0 saturated carbocycles. The summed E-state index contributed by atoms with van der Waals surface area (Å²) in [5.41, 5.74) is 3.16. The number of rotatable bonds is 4. The van der Waals surface area contributed by atoms with Gasteiger partial charge in [0.25, 0.3) is 0 Å². The van der Waals surface area contributed by atoms with Crippen molar-refractivity contribution >= 4 is 23.2 Å². The summed E-state index contributed by atoms with van der Waals surface area (Å²) in [5.74, 6) is -0.604. The molecule has 1 aromatic heterocycles. The summed E-state index contributed by atoms with van der Waals surface area (Å²) in [6.45, 7) is 2.29. The Labute approximate surface area is 155 Å². The predicted octanol–water partition coefficient (Wildman–Crippen LogP) is 1.96. The van der Waals surface area contributed by atoms with E-state index in [0.29, 0.717) is 12.2 Å². The summed E-state index contributed by atoms with van der Waals surface area (Å²) in [4.78, 5) is 26.8. The van der Waals surface area contributed by atoms with Crippen LogP contribution in [0.2, 0.25) is 0 Å². The molecule has 1 aliphatic heterocycles. The monoisotopic (exact) mass is 362 g/mol. The Morgan fingerprint density at radius 1 is 1.15 bits per heavy atom. The van der Waals surface area contributed by atoms with Crippen molar-refractivity contribution in [1.29, 1.82) is 0 Å². The first-order chi connectivity index (χ1) is 13.1. The van der Waals surface area contributed by atoms with Gasteiger partial charge < -0.3 is 10.2 Å². The zero-order chi connectivity index (χ0) is 18.8. The molecule has 0 radical (unpaired) electrons. The Kier molecular flexibility index (Phi) is 4.37. The summed E-state index contributed by atoms with van der Waals surface area (Å²) in [7, 11) is 0. The van der Waals surface area contributed by atoms with Crippen LogP contribution >= 0.6 is 0 Å². The van der Waals surface area contributed by atoms with Crippen molar-refractivity contribution in [2.45, 2.75) is 13.3 Å². The third-order valence-electron chi connectivity index (χ3n) is 4.66. The number of tetrazole rings is 1. The minimum atomic E-state index is -0.395. The second kappa shape index (κ2) is 6.99. The molecule has 2 amide bonds. The van der Waals surface area contributed by atoms with Crippen molar-refractivity contribution in [3.05, 3.63) is 60.4 Å². The highest BCUT2D eigenvalue weighted by molar-refractivity contribution is 6.03. The van der Waals surface area contributed by atoms with Crippen molar-refractivity contribution in [2.24, 2.45) is 5.92 Å². The number of nitrogens with zero attached hydrogens (tertiary/aromatic N) is 5. The van der Waals surface area contributed by atoms with Crippen LogP contribution in [0.1, 0.15) is 12.0 Å². The van der Waals surface area contributed by atoms with Crippen LogP contribution in [0.4, 0.5) is 11.4 Å². The number of hydrogen-bond acceptors (Lipinski definition) is 5. The van der Waals surface area contributed by atoms with E-state index in [1.54, 1.807) is 4.90 Å². The van der Waals surface area contributed by atoms with Crippen molar-refractivity contribution in [3.8, 4) is 5.69 Å². The largest absolute Gasteiger partial charge is 0.325 e. The molecular formula is C19H18N6O2. The molecule has 0 spiro atoms. The van der Waals surface area contributed by atoms with Gasteiger partial charge in [0.2, 0.25) is 11.8 Å².